The summed E-state index contributed by atoms with van der Waals surface area (Å²) in [6.07, 6.45) is 3.72. The maximum atomic E-state index is 6.69. The number of anilines is 1. The van der Waals surface area contributed by atoms with Gasteiger partial charge in [0.1, 0.15) is 5.82 Å². The topological polar surface area (TPSA) is 42.8 Å². The van der Waals surface area contributed by atoms with Crippen molar-refractivity contribution < 1.29 is 30.5 Å². The molecular formula is C60H49N4O2Pt-3. The van der Waals surface area contributed by atoms with E-state index in [4.69, 9.17) is 14.5 Å². The van der Waals surface area contributed by atoms with E-state index in [2.05, 4.69) is 214 Å². The SMILES string of the molecule is CC(C)(C)c1ccnc(-n2c3[c-]c(Oc4[c-]c(C5=COC6=C(c7ccccc7)N(c7c(-c8ccccc8)cccc7-c7ccccc7)[CH-]N56)ccc4)ccc3c3cc(C(C)(C)C)ccc32)c1.[Pt]. The Morgan fingerprint density at radius 1 is 0.567 bits per heavy atom. The molecule has 2 aliphatic heterocycles. The second-order valence-electron chi connectivity index (χ2n) is 19.0. The second-order valence-corrected chi connectivity index (χ2v) is 19.0. The van der Waals surface area contributed by atoms with Crippen molar-refractivity contribution in [1.29, 1.82) is 0 Å². The van der Waals surface area contributed by atoms with Crippen LogP contribution in [-0.4, -0.2) is 14.5 Å². The van der Waals surface area contributed by atoms with E-state index in [0.29, 0.717) is 17.4 Å². The molecule has 0 bridgehead atoms. The molecule has 7 aromatic carbocycles. The molecule has 0 N–H and O–H groups in total. The first-order valence-electron chi connectivity index (χ1n) is 22.5. The average Bonchev–Trinajstić information content (AvgIpc) is 4.02. The Kier molecular flexibility index (Phi) is 11.3. The summed E-state index contributed by atoms with van der Waals surface area (Å²) < 4.78 is 15.5. The Labute approximate surface area is 407 Å². The van der Waals surface area contributed by atoms with Gasteiger partial charge < -0.3 is 23.8 Å². The fourth-order valence-corrected chi connectivity index (χ4v) is 9.09. The number of rotatable bonds is 8. The van der Waals surface area contributed by atoms with E-state index in [1.54, 1.807) is 0 Å². The number of fused-ring (bicyclic) bond motifs is 4. The van der Waals surface area contributed by atoms with Crippen LogP contribution in [0.1, 0.15) is 63.8 Å². The number of benzene rings is 7. The number of nitrogens with zero attached hydrogens (tertiary/aromatic N) is 4. The molecule has 0 radical (unpaired) electrons. The van der Waals surface area contributed by atoms with Crippen molar-refractivity contribution in [3.63, 3.8) is 0 Å². The molecule has 0 spiro atoms. The summed E-state index contributed by atoms with van der Waals surface area (Å²) in [7, 11) is 0. The molecule has 334 valence electrons. The third-order valence-electron chi connectivity index (χ3n) is 12.5. The molecule has 0 saturated carbocycles. The summed E-state index contributed by atoms with van der Waals surface area (Å²) in [5.74, 6) is 2.70. The monoisotopic (exact) mass is 1050 g/mol. The van der Waals surface area contributed by atoms with Crippen molar-refractivity contribution in [2.24, 2.45) is 0 Å². The van der Waals surface area contributed by atoms with Crippen LogP contribution in [0.2, 0.25) is 0 Å². The van der Waals surface area contributed by atoms with E-state index in [1.165, 1.54) is 11.1 Å². The minimum Gasteiger partial charge on any atom is -0.503 e. The molecule has 0 unspecified atom stereocenters. The summed E-state index contributed by atoms with van der Waals surface area (Å²) in [5.41, 5.74) is 13.5. The van der Waals surface area contributed by atoms with E-state index in [0.717, 1.165) is 78.1 Å². The van der Waals surface area contributed by atoms with Crippen LogP contribution in [0.15, 0.2) is 188 Å². The Hall–Kier alpha value is -7.14. The van der Waals surface area contributed by atoms with Crippen molar-refractivity contribution in [3.8, 4) is 39.6 Å². The molecule has 0 atom stereocenters. The van der Waals surface area contributed by atoms with Gasteiger partial charge in [0.15, 0.2) is 5.88 Å². The predicted molar refractivity (Wildman–Crippen MR) is 269 cm³/mol. The van der Waals surface area contributed by atoms with Gasteiger partial charge in [-0.1, -0.05) is 174 Å². The van der Waals surface area contributed by atoms with E-state index >= 15 is 0 Å². The van der Waals surface area contributed by atoms with Crippen LogP contribution in [0.4, 0.5) is 5.69 Å². The zero-order valence-corrected chi connectivity index (χ0v) is 40.6. The minimum absolute atomic E-state index is 0. The van der Waals surface area contributed by atoms with Gasteiger partial charge in [-0.2, -0.15) is 12.7 Å². The van der Waals surface area contributed by atoms with Crippen molar-refractivity contribution in [2.75, 3.05) is 4.90 Å². The maximum Gasteiger partial charge on any atom is 0.184 e. The van der Waals surface area contributed by atoms with Crippen LogP contribution < -0.4 is 9.64 Å². The third kappa shape index (κ3) is 8.04. The van der Waals surface area contributed by atoms with Crippen molar-refractivity contribution in [1.82, 2.24) is 14.5 Å². The number of ether oxygens (including phenoxy) is 2. The molecular weight excluding hydrogens is 1000 g/mol. The molecule has 4 heterocycles. The second kappa shape index (κ2) is 17.3. The van der Waals surface area contributed by atoms with Crippen molar-refractivity contribution in [3.05, 3.63) is 229 Å². The van der Waals surface area contributed by atoms with Crippen LogP contribution in [0.25, 0.3) is 61.3 Å². The molecule has 11 rings (SSSR count). The number of para-hydroxylation sites is 1. The summed E-state index contributed by atoms with van der Waals surface area (Å²) in [6.45, 7) is 15.6. The van der Waals surface area contributed by atoms with Gasteiger partial charge in [0.2, 0.25) is 0 Å². The van der Waals surface area contributed by atoms with Gasteiger partial charge in [0.05, 0.1) is 12.0 Å². The van der Waals surface area contributed by atoms with Gasteiger partial charge in [-0.25, -0.2) is 4.98 Å². The average molecular weight is 1050 g/mol. The van der Waals surface area contributed by atoms with E-state index in [-0.39, 0.29) is 31.9 Å². The molecule has 9 aromatic rings. The molecule has 7 heteroatoms. The van der Waals surface area contributed by atoms with Gasteiger partial charge in [-0.15, -0.1) is 41.3 Å². The molecule has 0 aliphatic carbocycles. The normalized spacial score (nSPS) is 13.7. The van der Waals surface area contributed by atoms with Gasteiger partial charge in [-0.3, -0.25) is 0 Å². The van der Waals surface area contributed by atoms with Crippen LogP contribution >= 0.6 is 0 Å². The molecule has 0 saturated heterocycles. The number of pyridine rings is 1. The largest absolute Gasteiger partial charge is 0.503 e. The van der Waals surface area contributed by atoms with Gasteiger partial charge in [0.25, 0.3) is 0 Å². The summed E-state index contributed by atoms with van der Waals surface area (Å²) in [4.78, 5) is 9.32. The van der Waals surface area contributed by atoms with Crippen molar-refractivity contribution >= 4 is 38.9 Å². The quantitative estimate of drug-likeness (QED) is 0.142. The summed E-state index contributed by atoms with van der Waals surface area (Å²) in [5, 5.41) is 2.24. The summed E-state index contributed by atoms with van der Waals surface area (Å²) in [6, 6.07) is 66.6. The van der Waals surface area contributed by atoms with Gasteiger partial charge >= 0.3 is 0 Å². The molecule has 2 aliphatic rings. The molecule has 0 fully saturated rings. The van der Waals surface area contributed by atoms with Crippen molar-refractivity contribution in [2.45, 2.75) is 52.4 Å². The van der Waals surface area contributed by atoms with Gasteiger partial charge in [0, 0.05) is 66.7 Å². The molecule has 67 heavy (non-hydrogen) atoms. The summed E-state index contributed by atoms with van der Waals surface area (Å²) >= 11 is 0. The van der Waals surface area contributed by atoms with Crippen LogP contribution in [0.3, 0.4) is 0 Å². The fraction of sp³-hybridized carbons (Fsp3) is 0.133. The Balaban J connectivity index is 0.00000525. The first-order valence-corrected chi connectivity index (χ1v) is 22.5. The third-order valence-corrected chi connectivity index (χ3v) is 12.5. The number of hydrogen-bond donors (Lipinski definition) is 0. The number of hydrogen-bond acceptors (Lipinski definition) is 5. The molecule has 2 aromatic heterocycles. The van der Waals surface area contributed by atoms with E-state index in [9.17, 15) is 0 Å². The zero-order valence-electron chi connectivity index (χ0n) is 38.3. The zero-order chi connectivity index (χ0) is 45.2. The minimum atomic E-state index is -0.0446. The van der Waals surface area contributed by atoms with Crippen LogP contribution in [-0.2, 0) is 36.6 Å². The Morgan fingerprint density at radius 3 is 1.84 bits per heavy atom. The Bertz CT molecular complexity index is 3300. The Morgan fingerprint density at radius 2 is 1.18 bits per heavy atom. The maximum absolute atomic E-state index is 6.69. The van der Waals surface area contributed by atoms with Crippen LogP contribution in [0.5, 0.6) is 11.5 Å². The number of aromatic nitrogens is 2. The standard InChI is InChI=1S/C60H49N4O2.Pt/c1-59(2,3)44-28-31-52-51(35-44)50-30-29-47(37-53(50)64(52)55-36-45(32-33-61-55)60(4,5)6)66-46-25-16-24-43(34-46)54-38-65-58-56(42-22-14-9-15-23-42)63(39-62(54)58)57-48(40-18-10-7-11-19-40)26-17-27-49(57)41-20-12-8-13-21-41;/h7-33,35-36,38-39H,1-6H3;/q-3;. The predicted octanol–water partition coefficient (Wildman–Crippen LogP) is 15.1. The van der Waals surface area contributed by atoms with E-state index < -0.39 is 0 Å². The fourth-order valence-electron chi connectivity index (χ4n) is 9.09. The van der Waals surface area contributed by atoms with Crippen LogP contribution in [0, 0.1) is 18.8 Å². The van der Waals surface area contributed by atoms with E-state index in [1.807, 2.05) is 42.8 Å². The first-order chi connectivity index (χ1) is 32.0. The smallest absolute Gasteiger partial charge is 0.184 e. The van der Waals surface area contributed by atoms with Gasteiger partial charge in [-0.05, 0) is 62.4 Å². The first kappa shape index (κ1) is 43.7. The molecule has 0 amide bonds. The molecule has 6 nitrogen and oxygen atoms in total.